The highest BCUT2D eigenvalue weighted by molar-refractivity contribution is 8.00. The van der Waals surface area contributed by atoms with E-state index in [1.54, 1.807) is 13.1 Å². The number of rotatable bonds is 6. The summed E-state index contributed by atoms with van der Waals surface area (Å²) in [6.07, 6.45) is 3.55. The van der Waals surface area contributed by atoms with E-state index in [-0.39, 0.29) is 4.90 Å². The van der Waals surface area contributed by atoms with Gasteiger partial charge in [0.2, 0.25) is 0 Å². The third-order valence-corrected chi connectivity index (χ3v) is 5.49. The zero-order chi connectivity index (χ0) is 18.0. The van der Waals surface area contributed by atoms with E-state index in [4.69, 9.17) is 5.73 Å². The lowest BCUT2D eigenvalue weighted by molar-refractivity contribution is -0.115. The highest BCUT2D eigenvalue weighted by atomic mass is 32.2. The van der Waals surface area contributed by atoms with Crippen molar-refractivity contribution < 1.29 is 13.6 Å². The molecule has 0 spiro atoms. The SMILES string of the molecule is CNc1c(N)cc(NSc2ccc(F)cc2F)cc1C1(C=O)CCC1. The van der Waals surface area contributed by atoms with Gasteiger partial charge in [-0.3, -0.25) is 0 Å². The van der Waals surface area contributed by atoms with E-state index >= 15 is 0 Å². The minimum absolute atomic E-state index is 0.271. The number of hydrogen-bond donors (Lipinski definition) is 3. The fourth-order valence-corrected chi connectivity index (χ4v) is 3.71. The zero-order valence-electron chi connectivity index (χ0n) is 13.7. The second kappa shape index (κ2) is 6.92. The largest absolute Gasteiger partial charge is 0.397 e. The summed E-state index contributed by atoms with van der Waals surface area (Å²) >= 11 is 1.03. The van der Waals surface area contributed by atoms with E-state index in [1.807, 2.05) is 6.07 Å². The minimum Gasteiger partial charge on any atom is -0.397 e. The summed E-state index contributed by atoms with van der Waals surface area (Å²) in [5.41, 5.74) is 8.37. The van der Waals surface area contributed by atoms with Gasteiger partial charge in [-0.15, -0.1) is 0 Å². The molecule has 2 aromatic carbocycles. The molecule has 1 fully saturated rings. The minimum atomic E-state index is -0.638. The Morgan fingerprint density at radius 3 is 2.56 bits per heavy atom. The number of nitrogens with one attached hydrogen (secondary N) is 2. The molecule has 132 valence electrons. The first-order valence-corrected chi connectivity index (χ1v) is 8.77. The lowest BCUT2D eigenvalue weighted by Crippen LogP contribution is -2.36. The van der Waals surface area contributed by atoms with Gasteiger partial charge in [-0.1, -0.05) is 6.42 Å². The summed E-state index contributed by atoms with van der Waals surface area (Å²) in [6.45, 7) is 0. The van der Waals surface area contributed by atoms with Crippen molar-refractivity contribution in [3.05, 3.63) is 47.5 Å². The molecule has 4 N–H and O–H groups in total. The van der Waals surface area contributed by atoms with Crippen molar-refractivity contribution in [1.82, 2.24) is 0 Å². The van der Waals surface area contributed by atoms with Crippen LogP contribution in [0.2, 0.25) is 0 Å². The number of nitrogens with two attached hydrogens (primary N) is 1. The van der Waals surface area contributed by atoms with Crippen LogP contribution in [0.25, 0.3) is 0 Å². The smallest absolute Gasteiger partial charge is 0.141 e. The molecule has 0 aliphatic heterocycles. The third-order valence-electron chi connectivity index (χ3n) is 4.60. The standard InChI is InChI=1S/C18H19F2N3OS/c1-22-17-13(18(10-24)5-2-6-18)8-12(9-15(17)21)23-25-16-4-3-11(19)7-14(16)20/h3-4,7-10,22-23H,2,5-6,21H2,1H3. The van der Waals surface area contributed by atoms with Crippen molar-refractivity contribution >= 4 is 35.3 Å². The Hall–Kier alpha value is -2.28. The number of carbonyl (C=O) groups excluding carboxylic acids is 1. The van der Waals surface area contributed by atoms with Gasteiger partial charge in [0.25, 0.3) is 0 Å². The molecule has 1 aliphatic carbocycles. The van der Waals surface area contributed by atoms with Crippen LogP contribution in [0, 0.1) is 11.6 Å². The van der Waals surface area contributed by atoms with Gasteiger partial charge in [-0.25, -0.2) is 8.78 Å². The van der Waals surface area contributed by atoms with Crippen LogP contribution >= 0.6 is 11.9 Å². The predicted molar refractivity (Wildman–Crippen MR) is 97.8 cm³/mol. The lowest BCUT2D eigenvalue weighted by Gasteiger charge is -2.39. The van der Waals surface area contributed by atoms with Crippen LogP contribution in [0.3, 0.4) is 0 Å². The van der Waals surface area contributed by atoms with Gasteiger partial charge in [-0.2, -0.15) is 0 Å². The summed E-state index contributed by atoms with van der Waals surface area (Å²) in [5, 5.41) is 3.07. The first-order chi connectivity index (χ1) is 12.0. The third kappa shape index (κ3) is 3.28. The molecule has 0 amide bonds. The topological polar surface area (TPSA) is 67.2 Å². The van der Waals surface area contributed by atoms with Crippen LogP contribution < -0.4 is 15.8 Å². The number of anilines is 3. The van der Waals surface area contributed by atoms with Crippen LogP contribution in [0.15, 0.2) is 35.2 Å². The molecule has 1 saturated carbocycles. The Morgan fingerprint density at radius 2 is 2.00 bits per heavy atom. The van der Waals surface area contributed by atoms with Gasteiger partial charge in [0.15, 0.2) is 0 Å². The fourth-order valence-electron chi connectivity index (χ4n) is 3.08. The zero-order valence-corrected chi connectivity index (χ0v) is 14.6. The molecule has 0 unspecified atom stereocenters. The Labute approximate surface area is 149 Å². The molecule has 0 radical (unpaired) electrons. The van der Waals surface area contributed by atoms with Crippen LogP contribution in [0.1, 0.15) is 24.8 Å². The summed E-state index contributed by atoms with van der Waals surface area (Å²) in [5.74, 6) is -1.26. The Bertz CT molecular complexity index is 809. The van der Waals surface area contributed by atoms with Crippen LogP contribution in [-0.4, -0.2) is 13.3 Å². The quantitative estimate of drug-likeness (QED) is 0.405. The summed E-state index contributed by atoms with van der Waals surface area (Å²) in [7, 11) is 1.77. The maximum absolute atomic E-state index is 13.8. The van der Waals surface area contributed by atoms with Crippen molar-refractivity contribution in [2.75, 3.05) is 22.8 Å². The van der Waals surface area contributed by atoms with E-state index in [2.05, 4.69) is 10.0 Å². The summed E-state index contributed by atoms with van der Waals surface area (Å²) in [6, 6.07) is 6.99. The second-order valence-electron chi connectivity index (χ2n) is 6.14. The number of aldehydes is 1. The highest BCUT2D eigenvalue weighted by Gasteiger charge is 2.40. The van der Waals surface area contributed by atoms with Gasteiger partial charge in [0.1, 0.15) is 17.9 Å². The van der Waals surface area contributed by atoms with E-state index in [9.17, 15) is 13.6 Å². The van der Waals surface area contributed by atoms with Crippen molar-refractivity contribution in [3.63, 3.8) is 0 Å². The van der Waals surface area contributed by atoms with Gasteiger partial charge in [0.05, 0.1) is 21.7 Å². The molecule has 25 heavy (non-hydrogen) atoms. The number of carbonyl (C=O) groups is 1. The average molecular weight is 363 g/mol. The molecule has 3 rings (SSSR count). The lowest BCUT2D eigenvalue weighted by atomic mass is 9.65. The summed E-state index contributed by atoms with van der Waals surface area (Å²) < 4.78 is 29.8. The van der Waals surface area contributed by atoms with Gasteiger partial charge < -0.3 is 20.6 Å². The highest BCUT2D eigenvalue weighted by Crippen LogP contribution is 2.47. The number of hydrogen-bond acceptors (Lipinski definition) is 5. The molecule has 1 aliphatic rings. The van der Waals surface area contributed by atoms with Crippen molar-refractivity contribution in [3.8, 4) is 0 Å². The molecule has 0 saturated heterocycles. The van der Waals surface area contributed by atoms with Crippen LogP contribution in [0.5, 0.6) is 0 Å². The molecule has 0 atom stereocenters. The number of halogens is 2. The van der Waals surface area contributed by atoms with Crippen LogP contribution in [-0.2, 0) is 10.2 Å². The number of nitrogen functional groups attached to an aromatic ring is 1. The maximum Gasteiger partial charge on any atom is 0.141 e. The normalized spacial score (nSPS) is 15.3. The van der Waals surface area contributed by atoms with Gasteiger partial charge in [0, 0.05) is 18.8 Å². The fraction of sp³-hybridized carbons (Fsp3) is 0.278. The Kier molecular flexibility index (Phi) is 4.85. The summed E-state index contributed by atoms with van der Waals surface area (Å²) in [4.78, 5) is 11.9. The second-order valence-corrected chi connectivity index (χ2v) is 6.99. The van der Waals surface area contributed by atoms with E-state index in [1.165, 1.54) is 12.1 Å². The molecular weight excluding hydrogens is 344 g/mol. The monoisotopic (exact) mass is 363 g/mol. The van der Waals surface area contributed by atoms with Crippen molar-refractivity contribution in [2.24, 2.45) is 0 Å². The molecule has 0 heterocycles. The molecular formula is C18H19F2N3OS. The van der Waals surface area contributed by atoms with Crippen molar-refractivity contribution in [2.45, 2.75) is 29.6 Å². The van der Waals surface area contributed by atoms with Crippen molar-refractivity contribution in [1.29, 1.82) is 0 Å². The van der Waals surface area contributed by atoms with Gasteiger partial charge >= 0.3 is 0 Å². The molecule has 0 aromatic heterocycles. The molecule has 2 aromatic rings. The Balaban J connectivity index is 1.89. The first kappa shape index (κ1) is 17.5. The predicted octanol–water partition coefficient (Wildman–Crippen LogP) is 4.33. The first-order valence-electron chi connectivity index (χ1n) is 7.95. The maximum atomic E-state index is 13.8. The van der Waals surface area contributed by atoms with E-state index in [0.29, 0.717) is 11.4 Å². The molecule has 7 heteroatoms. The Morgan fingerprint density at radius 1 is 1.24 bits per heavy atom. The van der Waals surface area contributed by atoms with E-state index in [0.717, 1.165) is 54.8 Å². The molecule has 4 nitrogen and oxygen atoms in total. The van der Waals surface area contributed by atoms with Crippen LogP contribution in [0.4, 0.5) is 25.8 Å². The molecule has 0 bridgehead atoms. The van der Waals surface area contributed by atoms with Gasteiger partial charge in [-0.05, 0) is 54.6 Å². The number of benzene rings is 2. The van der Waals surface area contributed by atoms with E-state index < -0.39 is 17.0 Å². The average Bonchev–Trinajstić information content (AvgIpc) is 2.53.